The van der Waals surface area contributed by atoms with Gasteiger partial charge in [0.1, 0.15) is 28.3 Å². The predicted molar refractivity (Wildman–Crippen MR) is 242 cm³/mol. The number of fused-ring (bicyclic) bond motifs is 3. The normalized spacial score (nSPS) is 16.8. The maximum atomic E-state index is 7.07. The van der Waals surface area contributed by atoms with Crippen molar-refractivity contribution < 1.29 is 9.47 Å². The number of pyridine rings is 1. The number of aryl methyl sites for hydroxylation is 4. The first-order valence-corrected chi connectivity index (χ1v) is 20.6. The summed E-state index contributed by atoms with van der Waals surface area (Å²) in [6.07, 6.45) is 1.92. The van der Waals surface area contributed by atoms with Crippen molar-refractivity contribution in [2.75, 3.05) is 0 Å². The second-order valence-electron chi connectivity index (χ2n) is 19.2. The van der Waals surface area contributed by atoms with Gasteiger partial charge in [-0.05, 0) is 152 Å². The molecule has 0 saturated heterocycles. The van der Waals surface area contributed by atoms with E-state index >= 15 is 0 Å². The Labute approximate surface area is 344 Å². The molecule has 0 N–H and O–H groups in total. The van der Waals surface area contributed by atoms with E-state index in [9.17, 15) is 0 Å². The molecular formula is C53H57N3O2. The molecule has 5 nitrogen and oxygen atoms in total. The van der Waals surface area contributed by atoms with E-state index in [-0.39, 0.29) is 10.8 Å². The van der Waals surface area contributed by atoms with Crippen LogP contribution in [0.25, 0.3) is 38.8 Å². The molecule has 0 unspecified atom stereocenters. The Hall–Kier alpha value is -5.68. The van der Waals surface area contributed by atoms with Crippen molar-refractivity contribution in [2.24, 2.45) is 4.99 Å². The summed E-state index contributed by atoms with van der Waals surface area (Å²) in [5.41, 5.74) is 13.3. The molecule has 0 fully saturated rings. The maximum Gasteiger partial charge on any atom is 0.217 e. The van der Waals surface area contributed by atoms with Crippen LogP contribution in [0.1, 0.15) is 107 Å². The zero-order valence-electron chi connectivity index (χ0n) is 36.6. The van der Waals surface area contributed by atoms with Gasteiger partial charge < -0.3 is 9.47 Å². The van der Waals surface area contributed by atoms with Crippen molar-refractivity contribution in [1.29, 1.82) is 0 Å². The van der Waals surface area contributed by atoms with Gasteiger partial charge in [-0.1, -0.05) is 95.6 Å². The first-order valence-electron chi connectivity index (χ1n) is 20.6. The maximum absolute atomic E-state index is 7.07. The highest BCUT2D eigenvalue weighted by atomic mass is 16.5. The third kappa shape index (κ3) is 6.78. The van der Waals surface area contributed by atoms with Crippen LogP contribution in [-0.2, 0) is 21.1 Å². The Bertz CT molecular complexity index is 2750. The molecule has 0 radical (unpaired) electrons. The SMILES string of the molecule is Cc1cc(C)c(-c2cc(Oc3cc(-n4c5ccc(C(C)(C)C)cc5c5c(C)ccnc54)cc(C(C)(C)C)c3)cc(C3=N[C@](C)(c4ccccc4)C(C)(C)O3)c2)c(C)c1. The summed E-state index contributed by atoms with van der Waals surface area (Å²) in [6.45, 7) is 28.7. The molecule has 1 aliphatic heterocycles. The molecule has 0 aliphatic carbocycles. The topological polar surface area (TPSA) is 48.6 Å². The van der Waals surface area contributed by atoms with Crippen molar-refractivity contribution >= 4 is 27.8 Å². The molecule has 7 aromatic rings. The fourth-order valence-electron chi connectivity index (χ4n) is 8.72. The van der Waals surface area contributed by atoms with Crippen molar-refractivity contribution in [3.8, 4) is 28.3 Å². The van der Waals surface area contributed by atoms with Gasteiger partial charge in [0.15, 0.2) is 0 Å². The minimum atomic E-state index is -0.589. The largest absolute Gasteiger partial charge is 0.468 e. The molecule has 0 bridgehead atoms. The first-order chi connectivity index (χ1) is 27.2. The minimum Gasteiger partial charge on any atom is -0.468 e. The minimum absolute atomic E-state index is 0.0139. The summed E-state index contributed by atoms with van der Waals surface area (Å²) in [7, 11) is 0. The zero-order valence-corrected chi connectivity index (χ0v) is 36.6. The molecule has 296 valence electrons. The molecule has 2 aromatic heterocycles. The van der Waals surface area contributed by atoms with Gasteiger partial charge in [-0.3, -0.25) is 4.57 Å². The fraction of sp³-hybridized carbons (Fsp3) is 0.321. The van der Waals surface area contributed by atoms with Crippen LogP contribution in [0.3, 0.4) is 0 Å². The second kappa shape index (κ2) is 13.7. The van der Waals surface area contributed by atoms with E-state index in [1.165, 1.54) is 49.7 Å². The number of hydrogen-bond donors (Lipinski definition) is 0. The number of ether oxygens (including phenoxy) is 2. The van der Waals surface area contributed by atoms with Gasteiger partial charge in [0.2, 0.25) is 5.90 Å². The number of nitrogens with zero attached hydrogens (tertiary/aromatic N) is 3. The summed E-state index contributed by atoms with van der Waals surface area (Å²) in [5.74, 6) is 2.07. The van der Waals surface area contributed by atoms with Gasteiger partial charge in [0.05, 0.1) is 11.2 Å². The molecule has 0 spiro atoms. The molecule has 8 rings (SSSR count). The summed E-state index contributed by atoms with van der Waals surface area (Å²) >= 11 is 0. The molecule has 0 amide bonds. The van der Waals surface area contributed by atoms with Crippen LogP contribution in [-0.4, -0.2) is 21.0 Å². The number of rotatable bonds is 6. The Morgan fingerprint density at radius 3 is 1.97 bits per heavy atom. The smallest absolute Gasteiger partial charge is 0.217 e. The third-order valence-corrected chi connectivity index (χ3v) is 12.3. The Morgan fingerprint density at radius 2 is 1.29 bits per heavy atom. The first kappa shape index (κ1) is 39.2. The molecular weight excluding hydrogens is 711 g/mol. The number of hydrogen-bond acceptors (Lipinski definition) is 4. The van der Waals surface area contributed by atoms with E-state index in [0.717, 1.165) is 39.3 Å². The predicted octanol–water partition coefficient (Wildman–Crippen LogP) is 13.9. The van der Waals surface area contributed by atoms with Gasteiger partial charge in [0, 0.05) is 28.6 Å². The standard InChI is InChI=1S/C53H57N3O2/c1-32-23-34(3)46(35(4)24-32)36-25-37(49-55-53(13,52(11,12)58-49)38-17-15-14-16-18-38)27-42(26-36)57-43-29-40(51(8,9)10)28-41(31-43)56-45-20-19-39(50(5,6)7)30-44(45)47-33(2)21-22-54-48(47)56/h14-31H,1-13H3/t53-/m1/s1. The van der Waals surface area contributed by atoms with E-state index in [4.69, 9.17) is 19.5 Å². The summed E-state index contributed by atoms with van der Waals surface area (Å²) in [4.78, 5) is 10.4. The lowest BCUT2D eigenvalue weighted by molar-refractivity contribution is 0.0519. The quantitative estimate of drug-likeness (QED) is 0.169. The summed E-state index contributed by atoms with van der Waals surface area (Å²) in [5, 5.41) is 2.39. The average molecular weight is 768 g/mol. The van der Waals surface area contributed by atoms with E-state index < -0.39 is 11.1 Å². The van der Waals surface area contributed by atoms with Gasteiger partial charge in [-0.15, -0.1) is 0 Å². The molecule has 58 heavy (non-hydrogen) atoms. The molecule has 5 aromatic carbocycles. The van der Waals surface area contributed by atoms with E-state index in [2.05, 4.69) is 192 Å². The molecule has 5 heteroatoms. The van der Waals surface area contributed by atoms with Crippen LogP contribution in [0.2, 0.25) is 0 Å². The lowest BCUT2D eigenvalue weighted by Gasteiger charge is -2.34. The third-order valence-electron chi connectivity index (χ3n) is 12.3. The van der Waals surface area contributed by atoms with Crippen molar-refractivity contribution in [3.63, 3.8) is 0 Å². The number of aromatic nitrogens is 2. The van der Waals surface area contributed by atoms with Crippen LogP contribution in [0.15, 0.2) is 114 Å². The Morgan fingerprint density at radius 1 is 0.638 bits per heavy atom. The van der Waals surface area contributed by atoms with E-state index in [1.54, 1.807) is 0 Å². The Balaban J connectivity index is 1.32. The van der Waals surface area contributed by atoms with Crippen molar-refractivity contribution in [2.45, 2.75) is 112 Å². The average Bonchev–Trinajstić information content (AvgIpc) is 3.61. The second-order valence-corrected chi connectivity index (χ2v) is 19.2. The van der Waals surface area contributed by atoms with Crippen LogP contribution >= 0.6 is 0 Å². The fourth-order valence-corrected chi connectivity index (χ4v) is 8.72. The van der Waals surface area contributed by atoms with E-state index in [0.29, 0.717) is 11.6 Å². The molecule has 1 aliphatic rings. The lowest BCUT2D eigenvalue weighted by Crippen LogP contribution is -2.41. The summed E-state index contributed by atoms with van der Waals surface area (Å²) in [6, 6.07) is 37.0. The Kier molecular flexibility index (Phi) is 9.26. The summed E-state index contributed by atoms with van der Waals surface area (Å²) < 4.78 is 16.2. The molecule has 1 atom stereocenters. The van der Waals surface area contributed by atoms with Gasteiger partial charge in [-0.2, -0.15) is 0 Å². The number of benzene rings is 5. The molecule has 0 saturated carbocycles. The van der Waals surface area contributed by atoms with Gasteiger partial charge >= 0.3 is 0 Å². The van der Waals surface area contributed by atoms with Crippen molar-refractivity contribution in [1.82, 2.24) is 9.55 Å². The van der Waals surface area contributed by atoms with E-state index in [1.807, 2.05) is 12.3 Å². The van der Waals surface area contributed by atoms with Crippen LogP contribution in [0.4, 0.5) is 0 Å². The highest BCUT2D eigenvalue weighted by Crippen LogP contribution is 2.46. The number of aliphatic imine (C=N–C) groups is 1. The lowest BCUT2D eigenvalue weighted by atomic mass is 9.79. The van der Waals surface area contributed by atoms with Gasteiger partial charge in [0.25, 0.3) is 0 Å². The monoisotopic (exact) mass is 767 g/mol. The van der Waals surface area contributed by atoms with Crippen LogP contribution in [0.5, 0.6) is 11.5 Å². The molecule has 3 heterocycles. The highest BCUT2D eigenvalue weighted by molar-refractivity contribution is 6.09. The zero-order chi connectivity index (χ0) is 41.5. The van der Waals surface area contributed by atoms with Gasteiger partial charge in [-0.25, -0.2) is 9.98 Å². The van der Waals surface area contributed by atoms with Crippen molar-refractivity contribution in [3.05, 3.63) is 154 Å². The highest BCUT2D eigenvalue weighted by Gasteiger charge is 2.50. The van der Waals surface area contributed by atoms with Crippen LogP contribution < -0.4 is 4.74 Å². The van der Waals surface area contributed by atoms with Crippen LogP contribution in [0, 0.1) is 27.7 Å².